The second-order valence-electron chi connectivity index (χ2n) is 4.18. The van der Waals surface area contributed by atoms with Crippen molar-refractivity contribution in [2.75, 3.05) is 20.8 Å². The number of aliphatic hydroxyl groups is 1. The van der Waals surface area contributed by atoms with Crippen molar-refractivity contribution in [3.05, 3.63) is 23.8 Å². The summed E-state index contributed by atoms with van der Waals surface area (Å²) in [5.41, 5.74) is 0.836. The summed E-state index contributed by atoms with van der Waals surface area (Å²) in [7, 11) is 3.17. The number of nitrogens with one attached hydrogen (secondary N) is 1. The second-order valence-corrected chi connectivity index (χ2v) is 4.18. The first kappa shape index (κ1) is 15.3. The number of rotatable bonds is 7. The average molecular weight is 267 g/mol. The highest BCUT2D eigenvalue weighted by Crippen LogP contribution is 2.23. The topological polar surface area (TPSA) is 67.8 Å². The van der Waals surface area contributed by atoms with Crippen LogP contribution in [0.3, 0.4) is 0 Å². The van der Waals surface area contributed by atoms with Gasteiger partial charge in [-0.2, -0.15) is 0 Å². The minimum atomic E-state index is -0.364. The van der Waals surface area contributed by atoms with Crippen molar-refractivity contribution < 1.29 is 19.4 Å². The third kappa shape index (κ3) is 4.13. The van der Waals surface area contributed by atoms with E-state index in [1.54, 1.807) is 26.4 Å². The molecule has 106 valence electrons. The fourth-order valence-corrected chi connectivity index (χ4v) is 1.74. The van der Waals surface area contributed by atoms with Crippen LogP contribution in [0, 0.1) is 5.92 Å². The first-order valence-corrected chi connectivity index (χ1v) is 6.25. The Labute approximate surface area is 113 Å². The van der Waals surface area contributed by atoms with Gasteiger partial charge < -0.3 is 19.9 Å². The molecule has 2 N–H and O–H groups in total. The van der Waals surface area contributed by atoms with Crippen LogP contribution in [0.4, 0.5) is 0 Å². The molecule has 0 aliphatic rings. The molecule has 1 aromatic rings. The Morgan fingerprint density at radius 3 is 2.63 bits per heavy atom. The van der Waals surface area contributed by atoms with Crippen molar-refractivity contribution >= 4 is 5.91 Å². The molecule has 0 saturated heterocycles. The van der Waals surface area contributed by atoms with E-state index in [9.17, 15) is 4.79 Å². The van der Waals surface area contributed by atoms with E-state index in [-0.39, 0.29) is 18.4 Å². The van der Waals surface area contributed by atoms with E-state index in [0.717, 1.165) is 5.56 Å². The molecular formula is C14H21NO4. The third-order valence-electron chi connectivity index (χ3n) is 3.02. The molecular weight excluding hydrogens is 246 g/mol. The number of carbonyl (C=O) groups excluding carboxylic acids is 1. The molecule has 5 nitrogen and oxygen atoms in total. The molecule has 0 aliphatic carbocycles. The van der Waals surface area contributed by atoms with Gasteiger partial charge in [0.15, 0.2) is 0 Å². The van der Waals surface area contributed by atoms with Gasteiger partial charge in [-0.05, 0) is 24.6 Å². The molecule has 5 heteroatoms. The summed E-state index contributed by atoms with van der Waals surface area (Å²) >= 11 is 0. The molecule has 0 fully saturated rings. The molecule has 1 rings (SSSR count). The molecule has 1 amide bonds. The van der Waals surface area contributed by atoms with Crippen LogP contribution in [0.25, 0.3) is 0 Å². The van der Waals surface area contributed by atoms with Gasteiger partial charge in [0.2, 0.25) is 5.91 Å². The van der Waals surface area contributed by atoms with Gasteiger partial charge in [0.25, 0.3) is 0 Å². The predicted molar refractivity (Wildman–Crippen MR) is 72.3 cm³/mol. The van der Waals surface area contributed by atoms with Crippen LogP contribution in [0.5, 0.6) is 11.5 Å². The number of benzene rings is 1. The standard InChI is InChI=1S/C14H21NO4/c1-4-10(9-16)14(17)15-8-11-7-12(18-2)5-6-13(11)19-3/h5-7,10,16H,4,8-9H2,1-3H3,(H,15,17). The van der Waals surface area contributed by atoms with E-state index in [1.165, 1.54) is 0 Å². The van der Waals surface area contributed by atoms with Crippen LogP contribution in [-0.2, 0) is 11.3 Å². The van der Waals surface area contributed by atoms with Gasteiger partial charge in [-0.15, -0.1) is 0 Å². The van der Waals surface area contributed by atoms with Crippen LogP contribution in [0.2, 0.25) is 0 Å². The molecule has 0 bridgehead atoms. The van der Waals surface area contributed by atoms with Gasteiger partial charge in [0, 0.05) is 12.1 Å². The molecule has 1 aromatic carbocycles. The molecule has 0 spiro atoms. The third-order valence-corrected chi connectivity index (χ3v) is 3.02. The molecule has 1 unspecified atom stereocenters. The molecule has 0 heterocycles. The van der Waals surface area contributed by atoms with Gasteiger partial charge >= 0.3 is 0 Å². The summed E-state index contributed by atoms with van der Waals surface area (Å²) in [5.74, 6) is 0.879. The van der Waals surface area contributed by atoms with E-state index in [4.69, 9.17) is 14.6 Å². The van der Waals surface area contributed by atoms with Crippen molar-refractivity contribution in [2.45, 2.75) is 19.9 Å². The van der Waals surface area contributed by atoms with E-state index >= 15 is 0 Å². The van der Waals surface area contributed by atoms with Gasteiger partial charge in [-0.25, -0.2) is 0 Å². The fraction of sp³-hybridized carbons (Fsp3) is 0.500. The number of methoxy groups -OCH3 is 2. The lowest BCUT2D eigenvalue weighted by atomic mass is 10.1. The molecule has 0 aromatic heterocycles. The summed E-state index contributed by atoms with van der Waals surface area (Å²) in [6.45, 7) is 2.07. The highest BCUT2D eigenvalue weighted by atomic mass is 16.5. The van der Waals surface area contributed by atoms with Gasteiger partial charge in [-0.1, -0.05) is 6.92 Å². The van der Waals surface area contributed by atoms with Gasteiger partial charge in [-0.3, -0.25) is 4.79 Å². The number of aliphatic hydroxyl groups excluding tert-OH is 1. The Balaban J connectivity index is 2.73. The van der Waals surface area contributed by atoms with Crippen LogP contribution in [-0.4, -0.2) is 31.8 Å². The van der Waals surface area contributed by atoms with E-state index in [1.807, 2.05) is 13.0 Å². The number of amides is 1. The lowest BCUT2D eigenvalue weighted by molar-refractivity contribution is -0.126. The Bertz CT molecular complexity index is 416. The Morgan fingerprint density at radius 1 is 1.37 bits per heavy atom. The maximum Gasteiger partial charge on any atom is 0.225 e. The Hall–Kier alpha value is -1.75. The number of ether oxygens (including phenoxy) is 2. The predicted octanol–water partition coefficient (Wildman–Crippen LogP) is 1.34. The molecule has 0 radical (unpaired) electrons. The van der Waals surface area contributed by atoms with Crippen LogP contribution >= 0.6 is 0 Å². The van der Waals surface area contributed by atoms with E-state index in [2.05, 4.69) is 5.32 Å². The first-order chi connectivity index (χ1) is 9.15. The summed E-state index contributed by atoms with van der Waals surface area (Å²) in [6.07, 6.45) is 0.609. The number of hydrogen-bond donors (Lipinski definition) is 2. The van der Waals surface area contributed by atoms with Crippen molar-refractivity contribution in [3.63, 3.8) is 0 Å². The minimum Gasteiger partial charge on any atom is -0.497 e. The van der Waals surface area contributed by atoms with E-state index in [0.29, 0.717) is 24.5 Å². The lowest BCUT2D eigenvalue weighted by Gasteiger charge is -2.14. The zero-order valence-corrected chi connectivity index (χ0v) is 11.6. The quantitative estimate of drug-likeness (QED) is 0.782. The maximum absolute atomic E-state index is 11.8. The summed E-state index contributed by atoms with van der Waals surface area (Å²) in [6, 6.07) is 5.41. The Morgan fingerprint density at radius 2 is 2.11 bits per heavy atom. The van der Waals surface area contributed by atoms with Gasteiger partial charge in [0.05, 0.1) is 26.7 Å². The van der Waals surface area contributed by atoms with Crippen molar-refractivity contribution in [1.29, 1.82) is 0 Å². The largest absolute Gasteiger partial charge is 0.497 e. The molecule has 19 heavy (non-hydrogen) atoms. The SMILES string of the molecule is CCC(CO)C(=O)NCc1cc(OC)ccc1OC. The van der Waals surface area contributed by atoms with Crippen LogP contribution < -0.4 is 14.8 Å². The highest BCUT2D eigenvalue weighted by Gasteiger charge is 2.15. The first-order valence-electron chi connectivity index (χ1n) is 6.25. The van der Waals surface area contributed by atoms with Crippen LogP contribution in [0.15, 0.2) is 18.2 Å². The summed E-state index contributed by atoms with van der Waals surface area (Å²) < 4.78 is 10.4. The van der Waals surface area contributed by atoms with Crippen molar-refractivity contribution in [1.82, 2.24) is 5.32 Å². The number of hydrogen-bond acceptors (Lipinski definition) is 4. The molecule has 0 saturated carbocycles. The fourth-order valence-electron chi connectivity index (χ4n) is 1.74. The lowest BCUT2D eigenvalue weighted by Crippen LogP contribution is -2.32. The normalized spacial score (nSPS) is 11.8. The van der Waals surface area contributed by atoms with Crippen molar-refractivity contribution in [2.24, 2.45) is 5.92 Å². The average Bonchev–Trinajstić information content (AvgIpc) is 2.45. The molecule has 1 atom stereocenters. The number of carbonyl (C=O) groups is 1. The highest BCUT2D eigenvalue weighted by molar-refractivity contribution is 5.78. The van der Waals surface area contributed by atoms with Crippen LogP contribution in [0.1, 0.15) is 18.9 Å². The second kappa shape index (κ2) is 7.63. The smallest absolute Gasteiger partial charge is 0.225 e. The zero-order chi connectivity index (χ0) is 14.3. The van der Waals surface area contributed by atoms with Gasteiger partial charge in [0.1, 0.15) is 11.5 Å². The monoisotopic (exact) mass is 267 g/mol. The van der Waals surface area contributed by atoms with Crippen molar-refractivity contribution in [3.8, 4) is 11.5 Å². The van der Waals surface area contributed by atoms with E-state index < -0.39 is 0 Å². The maximum atomic E-state index is 11.8. The zero-order valence-electron chi connectivity index (χ0n) is 11.6. The Kier molecular flexibility index (Phi) is 6.15. The minimum absolute atomic E-state index is 0.141. The summed E-state index contributed by atoms with van der Waals surface area (Å²) in [4.78, 5) is 11.8. The molecule has 0 aliphatic heterocycles. The summed E-state index contributed by atoms with van der Waals surface area (Å²) in [5, 5.41) is 11.9.